The Morgan fingerprint density at radius 3 is 2.40 bits per heavy atom. The fraction of sp³-hybridized carbons (Fsp3) is 0.462. The van der Waals surface area contributed by atoms with Crippen molar-refractivity contribution in [1.29, 1.82) is 0 Å². The van der Waals surface area contributed by atoms with E-state index in [2.05, 4.69) is 15.9 Å². The summed E-state index contributed by atoms with van der Waals surface area (Å²) in [5.41, 5.74) is 0.575. The van der Waals surface area contributed by atoms with Gasteiger partial charge in [-0.1, -0.05) is 15.9 Å². The molecule has 110 valence electrons. The lowest BCUT2D eigenvalue weighted by atomic mass is 9.95. The Hall–Kier alpha value is -1.24. The molecule has 0 bridgehead atoms. The summed E-state index contributed by atoms with van der Waals surface area (Å²) in [6, 6.07) is 4.70. The second kappa shape index (κ2) is 5.63. The molecule has 1 heterocycles. The number of piperidine rings is 1. The molecule has 0 radical (unpaired) electrons. The molecule has 0 unspecified atom stereocenters. The zero-order valence-electron chi connectivity index (χ0n) is 10.5. The normalized spacial score (nSPS) is 17.3. The first-order chi connectivity index (χ1) is 9.29. The van der Waals surface area contributed by atoms with E-state index in [0.29, 0.717) is 10.2 Å². The number of carboxylic acids is 1. The predicted octanol–water partition coefficient (Wildman–Crippen LogP) is 3.93. The van der Waals surface area contributed by atoms with Crippen molar-refractivity contribution in [1.82, 2.24) is 0 Å². The van der Waals surface area contributed by atoms with Gasteiger partial charge in [-0.25, -0.2) is 4.79 Å². The Kier molecular flexibility index (Phi) is 4.27. The number of aromatic carboxylic acids is 1. The van der Waals surface area contributed by atoms with E-state index in [1.54, 1.807) is 17.0 Å². The number of hydrogen-bond acceptors (Lipinski definition) is 2. The first-order valence-electron chi connectivity index (χ1n) is 6.13. The molecule has 20 heavy (non-hydrogen) atoms. The van der Waals surface area contributed by atoms with Crippen LogP contribution in [0.15, 0.2) is 22.7 Å². The maximum absolute atomic E-state index is 12.6. The fourth-order valence-electron chi connectivity index (χ4n) is 2.39. The SMILES string of the molecule is O=C(O)c1ccc(Br)cc1N1CCC(C(F)(F)F)CC1. The molecule has 1 aromatic carbocycles. The molecule has 1 saturated heterocycles. The van der Waals surface area contributed by atoms with Gasteiger partial charge in [-0.05, 0) is 31.0 Å². The van der Waals surface area contributed by atoms with E-state index in [-0.39, 0.29) is 31.5 Å². The number of carbonyl (C=O) groups is 1. The van der Waals surface area contributed by atoms with Crippen molar-refractivity contribution in [3.8, 4) is 0 Å². The smallest absolute Gasteiger partial charge is 0.391 e. The van der Waals surface area contributed by atoms with Gasteiger partial charge < -0.3 is 10.0 Å². The summed E-state index contributed by atoms with van der Waals surface area (Å²) in [4.78, 5) is 12.9. The summed E-state index contributed by atoms with van der Waals surface area (Å²) in [6.45, 7) is 0.418. The highest BCUT2D eigenvalue weighted by Gasteiger charge is 2.41. The first-order valence-corrected chi connectivity index (χ1v) is 6.93. The van der Waals surface area contributed by atoms with Crippen LogP contribution in [0, 0.1) is 5.92 Å². The van der Waals surface area contributed by atoms with E-state index in [1.807, 2.05) is 0 Å². The van der Waals surface area contributed by atoms with Gasteiger partial charge in [-0.3, -0.25) is 0 Å². The average Bonchev–Trinajstić information content (AvgIpc) is 2.37. The van der Waals surface area contributed by atoms with E-state index >= 15 is 0 Å². The van der Waals surface area contributed by atoms with Crippen molar-refractivity contribution >= 4 is 27.6 Å². The van der Waals surface area contributed by atoms with Crippen LogP contribution in [-0.4, -0.2) is 30.3 Å². The quantitative estimate of drug-likeness (QED) is 0.877. The highest BCUT2D eigenvalue weighted by molar-refractivity contribution is 9.10. The molecule has 0 aliphatic carbocycles. The van der Waals surface area contributed by atoms with Gasteiger partial charge in [0.25, 0.3) is 0 Å². The molecule has 0 amide bonds. The van der Waals surface area contributed by atoms with Crippen LogP contribution in [0.25, 0.3) is 0 Å². The van der Waals surface area contributed by atoms with Gasteiger partial charge in [0, 0.05) is 17.6 Å². The number of halogens is 4. The van der Waals surface area contributed by atoms with Gasteiger partial charge in [-0.2, -0.15) is 13.2 Å². The molecule has 1 fully saturated rings. The molecule has 0 atom stereocenters. The van der Waals surface area contributed by atoms with Gasteiger partial charge in [0.15, 0.2) is 0 Å². The number of benzene rings is 1. The first kappa shape index (κ1) is 15.2. The third-order valence-corrected chi connectivity index (χ3v) is 3.98. The van der Waals surface area contributed by atoms with Crippen LogP contribution in [0.3, 0.4) is 0 Å². The summed E-state index contributed by atoms with van der Waals surface area (Å²) in [5, 5.41) is 9.15. The summed E-state index contributed by atoms with van der Waals surface area (Å²) in [7, 11) is 0. The average molecular weight is 352 g/mol. The third-order valence-electron chi connectivity index (χ3n) is 3.49. The number of alkyl halides is 3. The van der Waals surface area contributed by atoms with Crippen molar-refractivity contribution < 1.29 is 23.1 Å². The van der Waals surface area contributed by atoms with Crippen LogP contribution in [0.4, 0.5) is 18.9 Å². The lowest BCUT2D eigenvalue weighted by Gasteiger charge is -2.35. The van der Waals surface area contributed by atoms with Crippen LogP contribution in [-0.2, 0) is 0 Å². The Morgan fingerprint density at radius 2 is 1.90 bits per heavy atom. The molecule has 1 aromatic rings. The lowest BCUT2D eigenvalue weighted by molar-refractivity contribution is -0.179. The van der Waals surface area contributed by atoms with E-state index in [0.717, 1.165) is 0 Å². The van der Waals surface area contributed by atoms with Gasteiger partial charge in [0.1, 0.15) is 0 Å². The molecular weight excluding hydrogens is 339 g/mol. The maximum Gasteiger partial charge on any atom is 0.391 e. The Morgan fingerprint density at radius 1 is 1.30 bits per heavy atom. The van der Waals surface area contributed by atoms with E-state index in [1.165, 1.54) is 6.07 Å². The molecule has 1 aliphatic heterocycles. The number of carboxylic acid groups (broad SMARTS) is 1. The van der Waals surface area contributed by atoms with E-state index in [4.69, 9.17) is 5.11 Å². The van der Waals surface area contributed by atoms with Crippen molar-refractivity contribution in [2.75, 3.05) is 18.0 Å². The molecule has 0 aromatic heterocycles. The van der Waals surface area contributed by atoms with E-state index in [9.17, 15) is 18.0 Å². The van der Waals surface area contributed by atoms with Crippen molar-refractivity contribution in [3.05, 3.63) is 28.2 Å². The van der Waals surface area contributed by atoms with Crippen LogP contribution in [0.2, 0.25) is 0 Å². The fourth-order valence-corrected chi connectivity index (χ4v) is 2.74. The third kappa shape index (κ3) is 3.26. The maximum atomic E-state index is 12.6. The Bertz CT molecular complexity index is 511. The molecule has 2 rings (SSSR count). The van der Waals surface area contributed by atoms with Crippen LogP contribution in [0.5, 0.6) is 0 Å². The number of rotatable bonds is 2. The second-order valence-electron chi connectivity index (χ2n) is 4.77. The molecule has 0 saturated carbocycles. The number of anilines is 1. The van der Waals surface area contributed by atoms with Crippen molar-refractivity contribution in [2.45, 2.75) is 19.0 Å². The molecule has 3 nitrogen and oxygen atoms in total. The molecular formula is C13H13BrF3NO2. The lowest BCUT2D eigenvalue weighted by Crippen LogP contribution is -2.39. The standard InChI is InChI=1S/C13H13BrF3NO2/c14-9-1-2-10(12(19)20)11(7-9)18-5-3-8(4-6-18)13(15,16)17/h1-2,7-8H,3-6H2,(H,19,20). The second-order valence-corrected chi connectivity index (χ2v) is 5.69. The van der Waals surface area contributed by atoms with Gasteiger partial charge in [0.05, 0.1) is 17.2 Å². The summed E-state index contributed by atoms with van der Waals surface area (Å²) >= 11 is 3.26. The van der Waals surface area contributed by atoms with Crippen LogP contribution >= 0.6 is 15.9 Å². The summed E-state index contributed by atoms with van der Waals surface area (Å²) in [6.07, 6.45) is -4.18. The summed E-state index contributed by atoms with van der Waals surface area (Å²) < 4.78 is 38.6. The topological polar surface area (TPSA) is 40.5 Å². The zero-order valence-corrected chi connectivity index (χ0v) is 12.0. The highest BCUT2D eigenvalue weighted by atomic mass is 79.9. The molecule has 1 N–H and O–H groups in total. The van der Waals surface area contributed by atoms with Gasteiger partial charge >= 0.3 is 12.1 Å². The molecule has 7 heteroatoms. The monoisotopic (exact) mass is 351 g/mol. The van der Waals surface area contributed by atoms with Crippen LogP contribution in [0.1, 0.15) is 23.2 Å². The van der Waals surface area contributed by atoms with Gasteiger partial charge in [-0.15, -0.1) is 0 Å². The van der Waals surface area contributed by atoms with Crippen LogP contribution < -0.4 is 4.90 Å². The highest BCUT2D eigenvalue weighted by Crippen LogP contribution is 2.36. The minimum Gasteiger partial charge on any atom is -0.478 e. The van der Waals surface area contributed by atoms with E-state index < -0.39 is 18.1 Å². The number of nitrogens with zero attached hydrogens (tertiary/aromatic N) is 1. The minimum absolute atomic E-state index is 0.00489. The molecule has 1 aliphatic rings. The van der Waals surface area contributed by atoms with Crippen molar-refractivity contribution in [2.24, 2.45) is 5.92 Å². The van der Waals surface area contributed by atoms with Crippen molar-refractivity contribution in [3.63, 3.8) is 0 Å². The van der Waals surface area contributed by atoms with Gasteiger partial charge in [0.2, 0.25) is 0 Å². The zero-order chi connectivity index (χ0) is 14.9. The Labute approximate surface area is 122 Å². The summed E-state index contributed by atoms with van der Waals surface area (Å²) in [5.74, 6) is -2.37. The molecule has 0 spiro atoms. The largest absolute Gasteiger partial charge is 0.478 e. The number of hydrogen-bond donors (Lipinski definition) is 1. The predicted molar refractivity (Wildman–Crippen MR) is 72.1 cm³/mol. The minimum atomic E-state index is -4.17. The Balaban J connectivity index is 2.18.